The molecule has 0 atom stereocenters. The van der Waals surface area contributed by atoms with Crippen LogP contribution in [0.4, 0.5) is 22.7 Å². The van der Waals surface area contributed by atoms with Gasteiger partial charge in [-0.05, 0) is 47.3 Å². The third kappa shape index (κ3) is 14.5. The van der Waals surface area contributed by atoms with Gasteiger partial charge >= 0.3 is 58.5 Å². The summed E-state index contributed by atoms with van der Waals surface area (Å²) in [5.74, 6) is 4.11. The van der Waals surface area contributed by atoms with Crippen LogP contribution in [-0.4, -0.2) is 48.0 Å². The molecule has 0 fully saturated rings. The molecule has 4 aromatic rings. The molecule has 0 aliphatic carbocycles. The number of para-hydroxylation sites is 4. The molecule has 0 amide bonds. The van der Waals surface area contributed by atoms with Crippen molar-refractivity contribution in [1.82, 2.24) is 0 Å². The van der Waals surface area contributed by atoms with Gasteiger partial charge in [0.15, 0.2) is 0 Å². The maximum atomic E-state index is 4.67. The number of hydrogen-bond donors (Lipinski definition) is 0. The molecule has 0 unspecified atom stereocenters. The summed E-state index contributed by atoms with van der Waals surface area (Å²) in [6.07, 6.45) is 4.75. The zero-order valence-corrected chi connectivity index (χ0v) is 46.3. The molecule has 10 heteroatoms. The summed E-state index contributed by atoms with van der Waals surface area (Å²) in [5, 5.41) is 0. The van der Waals surface area contributed by atoms with E-state index in [1.165, 1.54) is 67.3 Å². The third-order valence-corrected chi connectivity index (χ3v) is 12.2. The van der Waals surface area contributed by atoms with E-state index >= 15 is 0 Å². The molecule has 2 heterocycles. The first-order valence-electron chi connectivity index (χ1n) is 23.1. The SMILES string of the molecule is CC(C)c1cccc(C(C)C)c1N1C=[N+](c2c(C(C)C)cccc2C(C)C)CC1.CC(C)c1cccc(C(C)C)c1N1C=[N+](c2c(C(C)C)cccc2C(C)C)CC1.[Cl-].[Cl][Cu-][Cl].[Cl][Cu]. The van der Waals surface area contributed by atoms with Gasteiger partial charge in [0.05, 0.1) is 0 Å². The van der Waals surface area contributed by atoms with Gasteiger partial charge in [0.25, 0.3) is 0 Å². The van der Waals surface area contributed by atoms with Crippen LogP contribution in [0.15, 0.2) is 72.8 Å². The molecule has 2 aliphatic rings. The first-order valence-corrected chi connectivity index (χ1v) is 26.9. The van der Waals surface area contributed by atoms with Crippen molar-refractivity contribution in [2.45, 2.75) is 158 Å². The zero-order chi connectivity index (χ0) is 47.3. The average Bonchev–Trinajstić information content (AvgIpc) is 3.94. The van der Waals surface area contributed by atoms with E-state index in [1.54, 1.807) is 0 Å². The Balaban J connectivity index is 0.000000394. The van der Waals surface area contributed by atoms with Crippen LogP contribution in [0.3, 0.4) is 0 Å². The molecule has 0 saturated carbocycles. The van der Waals surface area contributed by atoms with Crippen LogP contribution in [0.2, 0.25) is 0 Å². The Bertz CT molecular complexity index is 1870. The van der Waals surface area contributed by atoms with E-state index in [9.17, 15) is 0 Å². The maximum absolute atomic E-state index is 4.67. The van der Waals surface area contributed by atoms with Gasteiger partial charge in [-0.15, -0.1) is 0 Å². The molecule has 64 heavy (non-hydrogen) atoms. The van der Waals surface area contributed by atoms with Crippen LogP contribution in [0.1, 0.15) is 203 Å². The fraction of sp³-hybridized carbons (Fsp3) is 0.519. The van der Waals surface area contributed by atoms with Gasteiger partial charge in [-0.2, -0.15) is 0 Å². The third-order valence-electron chi connectivity index (χ3n) is 12.2. The van der Waals surface area contributed by atoms with Crippen molar-refractivity contribution in [1.29, 1.82) is 0 Å². The van der Waals surface area contributed by atoms with Crippen molar-refractivity contribution in [3.8, 4) is 0 Å². The van der Waals surface area contributed by atoms with Gasteiger partial charge in [-0.1, -0.05) is 184 Å². The number of rotatable bonds is 12. The summed E-state index contributed by atoms with van der Waals surface area (Å²) >= 11 is 4.42. The Labute approximate surface area is 423 Å². The summed E-state index contributed by atoms with van der Waals surface area (Å²) in [4.78, 5) is 5.01. The average molecular weight is 1050 g/mol. The minimum absolute atomic E-state index is 0. The van der Waals surface area contributed by atoms with E-state index in [0.717, 1.165) is 39.3 Å². The Morgan fingerprint density at radius 1 is 0.406 bits per heavy atom. The van der Waals surface area contributed by atoms with Crippen molar-refractivity contribution >= 4 is 65.7 Å². The molecule has 364 valence electrons. The van der Waals surface area contributed by atoms with Crippen molar-refractivity contribution in [2.24, 2.45) is 0 Å². The van der Waals surface area contributed by atoms with E-state index in [1.807, 2.05) is 0 Å². The second-order valence-electron chi connectivity index (χ2n) is 19.4. The first kappa shape index (κ1) is 58.1. The van der Waals surface area contributed by atoms with Crippen molar-refractivity contribution in [3.05, 3.63) is 117 Å². The van der Waals surface area contributed by atoms with E-state index in [2.05, 4.69) is 261 Å². The summed E-state index contributed by atoms with van der Waals surface area (Å²) in [6, 6.07) is 27.4. The van der Waals surface area contributed by atoms with Gasteiger partial charge in [-0.3, -0.25) is 0 Å². The molecule has 0 N–H and O–H groups in total. The van der Waals surface area contributed by atoms with Crippen molar-refractivity contribution < 1.29 is 49.8 Å². The van der Waals surface area contributed by atoms with E-state index in [0.29, 0.717) is 47.3 Å². The number of hydrogen-bond acceptors (Lipinski definition) is 2. The van der Waals surface area contributed by atoms with E-state index in [4.69, 9.17) is 0 Å². The minimum atomic E-state index is 0. The first-order chi connectivity index (χ1) is 29.9. The number of halogens is 4. The van der Waals surface area contributed by atoms with Crippen LogP contribution < -0.4 is 22.2 Å². The molecule has 4 aromatic carbocycles. The topological polar surface area (TPSA) is 12.5 Å². The fourth-order valence-corrected chi connectivity index (χ4v) is 9.05. The Morgan fingerprint density at radius 3 is 0.781 bits per heavy atom. The van der Waals surface area contributed by atoms with Gasteiger partial charge in [0.1, 0.15) is 48.9 Å². The summed E-state index contributed by atoms with van der Waals surface area (Å²) < 4.78 is 5.01. The molecule has 0 saturated heterocycles. The zero-order valence-electron chi connectivity index (χ0n) is 41.4. The van der Waals surface area contributed by atoms with Gasteiger partial charge in [0, 0.05) is 44.5 Å². The second-order valence-corrected chi connectivity index (χ2v) is 21.0. The molecular weight excluding hydrogens is 974 g/mol. The van der Waals surface area contributed by atoms with E-state index in [-0.39, 0.29) is 12.4 Å². The number of anilines is 2. The predicted molar refractivity (Wildman–Crippen MR) is 272 cm³/mol. The van der Waals surface area contributed by atoms with Gasteiger partial charge in [-0.25, -0.2) is 19.0 Å². The fourth-order valence-electron chi connectivity index (χ4n) is 9.05. The normalized spacial score (nSPS) is 13.7. The standard InChI is InChI=1S/2C27H39N2.4ClH.2Cu/c2*1-18(2)22-11-9-12-23(19(3)4)26(22)28-15-16-29(17-28)27-24(20(5)6)13-10-14-25(27)21(7)8;;;;;;/h2*9-14,17-21H,15-16H2,1-8H3;4*1H;;/q2*+1;;;;;2*+1/p-4. The van der Waals surface area contributed by atoms with Crippen molar-refractivity contribution in [2.75, 3.05) is 36.0 Å². The molecule has 2 aliphatic heterocycles. The molecule has 6 rings (SSSR count). The Morgan fingerprint density at radius 2 is 0.594 bits per heavy atom. The van der Waals surface area contributed by atoms with Gasteiger partial charge in [0.2, 0.25) is 12.7 Å². The molecular formula is C54H78Cl4Cu2N4. The Hall–Kier alpha value is -1.98. The van der Waals surface area contributed by atoms with Gasteiger partial charge < -0.3 is 12.4 Å². The molecule has 0 radical (unpaired) electrons. The second kappa shape index (κ2) is 27.7. The molecule has 0 bridgehead atoms. The van der Waals surface area contributed by atoms with Crippen LogP contribution in [0.5, 0.6) is 0 Å². The quantitative estimate of drug-likeness (QED) is 0.104. The van der Waals surface area contributed by atoms with Crippen LogP contribution in [0, 0.1) is 0 Å². The van der Waals surface area contributed by atoms with Crippen LogP contribution in [0.25, 0.3) is 0 Å². The molecule has 0 aromatic heterocycles. The summed E-state index contributed by atoms with van der Waals surface area (Å²) in [5.41, 5.74) is 17.3. The summed E-state index contributed by atoms with van der Waals surface area (Å²) in [7, 11) is 13.5. The number of benzene rings is 4. The monoisotopic (exact) mass is 1050 g/mol. The number of nitrogens with zero attached hydrogens (tertiary/aromatic N) is 4. The summed E-state index contributed by atoms with van der Waals surface area (Å²) in [6.45, 7) is 41.1. The van der Waals surface area contributed by atoms with Crippen molar-refractivity contribution in [3.63, 3.8) is 0 Å². The van der Waals surface area contributed by atoms with E-state index < -0.39 is 0 Å². The predicted octanol–water partition coefficient (Wildman–Crippen LogP) is 13.8. The van der Waals surface area contributed by atoms with Crippen LogP contribution in [-0.2, 0) is 28.2 Å². The molecule has 0 spiro atoms. The molecule has 4 nitrogen and oxygen atoms in total. The van der Waals surface area contributed by atoms with Crippen LogP contribution >= 0.6 is 30.3 Å². The Kier molecular flexibility index (Phi) is 25.2.